The molecule has 0 radical (unpaired) electrons. The normalized spacial score (nSPS) is 27.6. The van der Waals surface area contributed by atoms with E-state index in [9.17, 15) is 14.7 Å². The van der Waals surface area contributed by atoms with Crippen LogP contribution in [0.3, 0.4) is 0 Å². The van der Waals surface area contributed by atoms with E-state index in [1.165, 1.54) is 0 Å². The Morgan fingerprint density at radius 1 is 1.27 bits per heavy atom. The number of carbonyl (C=O) groups excluding carboxylic acids is 1. The molecular formula is C19H24ClNO5. The predicted octanol–water partition coefficient (Wildman–Crippen LogP) is 3.75. The van der Waals surface area contributed by atoms with Gasteiger partial charge in [-0.05, 0) is 58.2 Å². The van der Waals surface area contributed by atoms with Gasteiger partial charge in [0.05, 0.1) is 7.11 Å². The van der Waals surface area contributed by atoms with Gasteiger partial charge in [-0.1, -0.05) is 11.6 Å². The van der Waals surface area contributed by atoms with Gasteiger partial charge in [-0.2, -0.15) is 0 Å². The molecule has 26 heavy (non-hydrogen) atoms. The summed E-state index contributed by atoms with van der Waals surface area (Å²) in [4.78, 5) is 23.8. The summed E-state index contributed by atoms with van der Waals surface area (Å²) in [7, 11) is 1.61. The highest BCUT2D eigenvalue weighted by Crippen LogP contribution is 2.76. The molecule has 2 N–H and O–H groups in total. The van der Waals surface area contributed by atoms with E-state index in [2.05, 4.69) is 5.32 Å². The summed E-state index contributed by atoms with van der Waals surface area (Å²) in [5.74, 6) is -0.281. The fourth-order valence-corrected chi connectivity index (χ4v) is 4.63. The quantitative estimate of drug-likeness (QED) is 0.811. The summed E-state index contributed by atoms with van der Waals surface area (Å²) in [5.41, 5.74) is -0.242. The third-order valence-electron chi connectivity index (χ3n) is 5.32. The first-order valence-corrected chi connectivity index (χ1v) is 8.94. The average Bonchev–Trinajstić information content (AvgIpc) is 2.41. The maximum Gasteiger partial charge on any atom is 0.408 e. The van der Waals surface area contributed by atoms with E-state index in [0.29, 0.717) is 24.3 Å². The molecule has 0 aliphatic heterocycles. The van der Waals surface area contributed by atoms with E-state index in [1.807, 2.05) is 12.1 Å². The topological polar surface area (TPSA) is 84.9 Å². The highest BCUT2D eigenvalue weighted by Gasteiger charge is 2.73. The molecule has 1 aromatic carbocycles. The summed E-state index contributed by atoms with van der Waals surface area (Å²) in [6.45, 7) is 5.22. The van der Waals surface area contributed by atoms with Crippen LogP contribution in [0.5, 0.6) is 5.75 Å². The standard InChI is InChI=1S/C19H24ClNO5/c1-17(2,3)26-16(24)21-14(15(22)23)19-8-18(9-19,10-19)12-7-11(20)5-6-13(12)25-4/h5-7,14H,8-10H2,1-4H3,(H,21,24)(H,22,23). The van der Waals surface area contributed by atoms with E-state index in [1.54, 1.807) is 33.9 Å². The van der Waals surface area contributed by atoms with Crippen molar-refractivity contribution in [2.45, 2.75) is 57.1 Å². The van der Waals surface area contributed by atoms with Gasteiger partial charge in [0.1, 0.15) is 17.4 Å². The molecule has 6 nitrogen and oxygen atoms in total. The lowest BCUT2D eigenvalue weighted by atomic mass is 9.31. The molecule has 0 aromatic heterocycles. The van der Waals surface area contributed by atoms with Crippen molar-refractivity contribution in [2.24, 2.45) is 5.41 Å². The molecular weight excluding hydrogens is 358 g/mol. The van der Waals surface area contributed by atoms with Gasteiger partial charge in [0.2, 0.25) is 0 Å². The monoisotopic (exact) mass is 381 g/mol. The van der Waals surface area contributed by atoms with E-state index in [4.69, 9.17) is 21.1 Å². The molecule has 0 heterocycles. The first-order chi connectivity index (χ1) is 12.0. The second-order valence-electron chi connectivity index (χ2n) is 8.44. The fourth-order valence-electron chi connectivity index (χ4n) is 4.46. The smallest absolute Gasteiger partial charge is 0.408 e. The van der Waals surface area contributed by atoms with Gasteiger partial charge >= 0.3 is 12.1 Å². The minimum absolute atomic E-state index is 0.125. The van der Waals surface area contributed by atoms with Crippen LogP contribution >= 0.6 is 11.6 Å². The van der Waals surface area contributed by atoms with Crippen molar-refractivity contribution in [3.8, 4) is 5.75 Å². The van der Waals surface area contributed by atoms with Gasteiger partial charge in [0.25, 0.3) is 0 Å². The van der Waals surface area contributed by atoms with Crippen molar-refractivity contribution in [2.75, 3.05) is 7.11 Å². The maximum absolute atomic E-state index is 12.0. The van der Waals surface area contributed by atoms with Crippen molar-refractivity contribution in [1.82, 2.24) is 5.32 Å². The van der Waals surface area contributed by atoms with Crippen molar-refractivity contribution >= 4 is 23.7 Å². The zero-order valence-electron chi connectivity index (χ0n) is 15.4. The highest BCUT2D eigenvalue weighted by molar-refractivity contribution is 6.30. The Bertz CT molecular complexity index is 735. The first kappa shape index (κ1) is 18.8. The number of carbonyl (C=O) groups is 2. The number of methoxy groups -OCH3 is 1. The van der Waals surface area contributed by atoms with Crippen LogP contribution < -0.4 is 10.1 Å². The zero-order chi connectivity index (χ0) is 19.3. The van der Waals surface area contributed by atoms with Gasteiger partial charge in [-0.25, -0.2) is 9.59 Å². The van der Waals surface area contributed by atoms with Crippen molar-refractivity contribution < 1.29 is 24.2 Å². The molecule has 0 saturated heterocycles. The SMILES string of the molecule is COc1ccc(Cl)cc1C12CC(C(NC(=O)OC(C)(C)C)C(=O)O)(C1)C2. The minimum Gasteiger partial charge on any atom is -0.496 e. The lowest BCUT2D eigenvalue weighted by Gasteiger charge is -2.72. The Morgan fingerprint density at radius 2 is 1.88 bits per heavy atom. The molecule has 3 fully saturated rings. The molecule has 4 rings (SSSR count). The van der Waals surface area contributed by atoms with E-state index >= 15 is 0 Å². The van der Waals surface area contributed by atoms with Gasteiger partial charge in [0, 0.05) is 21.4 Å². The second-order valence-corrected chi connectivity index (χ2v) is 8.87. The lowest BCUT2D eigenvalue weighted by Crippen LogP contribution is -2.73. The first-order valence-electron chi connectivity index (χ1n) is 8.57. The van der Waals surface area contributed by atoms with E-state index in [0.717, 1.165) is 11.3 Å². The summed E-state index contributed by atoms with van der Waals surface area (Å²) in [6.07, 6.45) is 1.31. The number of ether oxygens (including phenoxy) is 2. The third kappa shape index (κ3) is 3.11. The average molecular weight is 382 g/mol. The molecule has 3 aliphatic rings. The number of carboxylic acids is 1. The Labute approximate surface area is 157 Å². The molecule has 3 saturated carbocycles. The van der Waals surface area contributed by atoms with Crippen molar-refractivity contribution in [3.63, 3.8) is 0 Å². The highest BCUT2D eigenvalue weighted by atomic mass is 35.5. The lowest BCUT2D eigenvalue weighted by molar-refractivity contribution is -0.183. The predicted molar refractivity (Wildman–Crippen MR) is 96.8 cm³/mol. The van der Waals surface area contributed by atoms with Crippen molar-refractivity contribution in [1.29, 1.82) is 0 Å². The number of carboxylic acid groups (broad SMARTS) is 1. The second kappa shape index (κ2) is 6.05. The van der Waals surface area contributed by atoms with Gasteiger partial charge in [-0.3, -0.25) is 0 Å². The number of benzene rings is 1. The summed E-state index contributed by atoms with van der Waals surface area (Å²) in [5, 5.41) is 12.8. The van der Waals surface area contributed by atoms with Gasteiger partial charge < -0.3 is 19.9 Å². The fraction of sp³-hybridized carbons (Fsp3) is 0.579. The largest absolute Gasteiger partial charge is 0.496 e. The van der Waals surface area contributed by atoms with Crippen LogP contribution in [-0.2, 0) is 14.9 Å². The molecule has 142 valence electrons. The number of aliphatic carboxylic acids is 1. The Kier molecular flexibility index (Phi) is 4.38. The number of hydrogen-bond donors (Lipinski definition) is 2. The molecule has 1 aromatic rings. The van der Waals surface area contributed by atoms with Crippen LogP contribution in [0.25, 0.3) is 0 Å². The number of rotatable bonds is 5. The summed E-state index contributed by atoms with van der Waals surface area (Å²) >= 11 is 6.13. The van der Waals surface area contributed by atoms with Crippen LogP contribution in [0.1, 0.15) is 45.6 Å². The minimum atomic E-state index is -1.04. The van der Waals surface area contributed by atoms with E-state index < -0.39 is 29.1 Å². The zero-order valence-corrected chi connectivity index (χ0v) is 16.1. The summed E-state index contributed by atoms with van der Waals surface area (Å²) in [6, 6.07) is 4.53. The molecule has 1 unspecified atom stereocenters. The number of nitrogens with one attached hydrogen (secondary N) is 1. The Balaban J connectivity index is 1.74. The molecule has 7 heteroatoms. The third-order valence-corrected chi connectivity index (χ3v) is 5.56. The molecule has 1 atom stereocenters. The van der Waals surface area contributed by atoms with Crippen molar-refractivity contribution in [3.05, 3.63) is 28.8 Å². The van der Waals surface area contributed by atoms with Gasteiger partial charge in [-0.15, -0.1) is 0 Å². The number of halogens is 1. The Hall–Kier alpha value is -1.95. The van der Waals surface area contributed by atoms with Crippen LogP contribution in [0.2, 0.25) is 5.02 Å². The van der Waals surface area contributed by atoms with E-state index in [-0.39, 0.29) is 5.41 Å². The Morgan fingerprint density at radius 3 is 2.38 bits per heavy atom. The molecule has 2 bridgehead atoms. The number of amides is 1. The maximum atomic E-state index is 12.0. The van der Waals surface area contributed by atoms with Crippen LogP contribution in [0, 0.1) is 5.41 Å². The number of alkyl carbamates (subject to hydrolysis) is 1. The molecule has 3 aliphatic carbocycles. The van der Waals surface area contributed by atoms with Gasteiger partial charge in [0.15, 0.2) is 0 Å². The van der Waals surface area contributed by atoms with Crippen LogP contribution in [0.15, 0.2) is 18.2 Å². The van der Waals surface area contributed by atoms with Crippen LogP contribution in [0.4, 0.5) is 4.79 Å². The number of hydrogen-bond acceptors (Lipinski definition) is 4. The summed E-state index contributed by atoms with van der Waals surface area (Å²) < 4.78 is 10.7. The molecule has 1 amide bonds. The van der Waals surface area contributed by atoms with Crippen LogP contribution in [-0.4, -0.2) is 35.9 Å². The molecule has 0 spiro atoms.